The lowest BCUT2D eigenvalue weighted by Crippen LogP contribution is -2.31. The zero-order valence-corrected chi connectivity index (χ0v) is 14.8. The molecule has 136 valence electrons. The van der Waals surface area contributed by atoms with E-state index in [9.17, 15) is 9.59 Å². The van der Waals surface area contributed by atoms with Crippen LogP contribution in [-0.2, 0) is 5.41 Å². The molecule has 0 atom stereocenters. The summed E-state index contributed by atoms with van der Waals surface area (Å²) in [6.45, 7) is 8.28. The van der Waals surface area contributed by atoms with Gasteiger partial charge in [-0.3, -0.25) is 0 Å². The Hall–Kier alpha value is -3.04. The van der Waals surface area contributed by atoms with Gasteiger partial charge < -0.3 is 22.1 Å². The van der Waals surface area contributed by atoms with Crippen LogP contribution in [0.2, 0.25) is 0 Å². The summed E-state index contributed by atoms with van der Waals surface area (Å²) in [5.74, 6) is 0.419. The molecule has 0 saturated heterocycles. The van der Waals surface area contributed by atoms with E-state index in [1.54, 1.807) is 13.8 Å². The molecule has 2 amide bonds. The van der Waals surface area contributed by atoms with Crippen molar-refractivity contribution in [3.63, 3.8) is 0 Å². The summed E-state index contributed by atoms with van der Waals surface area (Å²) < 4.78 is 2.20. The van der Waals surface area contributed by atoms with Crippen LogP contribution in [0.5, 0.6) is 0 Å². The van der Waals surface area contributed by atoms with E-state index < -0.39 is 17.5 Å². The van der Waals surface area contributed by atoms with Crippen molar-refractivity contribution in [1.82, 2.24) is 30.2 Å². The molecule has 0 aliphatic heterocycles. The van der Waals surface area contributed by atoms with Gasteiger partial charge >= 0.3 is 12.1 Å². The topological polar surface area (TPSA) is 146 Å². The van der Waals surface area contributed by atoms with E-state index >= 15 is 0 Å². The third kappa shape index (κ3) is 3.14. The lowest BCUT2D eigenvalue weighted by molar-refractivity contribution is 0.240. The summed E-state index contributed by atoms with van der Waals surface area (Å²) in [4.78, 5) is 24.0. The number of nitrogens with one attached hydrogen (secondary N) is 2. The zero-order valence-electron chi connectivity index (χ0n) is 14.8. The first-order valence-corrected chi connectivity index (χ1v) is 8.00. The molecule has 25 heavy (non-hydrogen) atoms. The van der Waals surface area contributed by atoms with Crippen LogP contribution in [-0.4, -0.2) is 44.7 Å². The maximum absolute atomic E-state index is 12.0. The lowest BCUT2D eigenvalue weighted by Gasteiger charge is -2.24. The Kier molecular flexibility index (Phi) is 5.00. The smallest absolute Gasteiger partial charge is 0.343 e. The van der Waals surface area contributed by atoms with E-state index in [0.29, 0.717) is 24.2 Å². The van der Waals surface area contributed by atoms with Crippen molar-refractivity contribution in [2.24, 2.45) is 0 Å². The number of nitrogens with zero attached hydrogens (tertiary/aromatic N) is 4. The highest BCUT2D eigenvalue weighted by Crippen LogP contribution is 2.37. The molecule has 0 spiro atoms. The molecular weight excluding hydrogens is 324 g/mol. The van der Waals surface area contributed by atoms with Gasteiger partial charge in [0, 0.05) is 29.6 Å². The van der Waals surface area contributed by atoms with Gasteiger partial charge in [-0.1, -0.05) is 13.8 Å². The molecule has 0 unspecified atom stereocenters. The molecule has 0 aromatic carbocycles. The van der Waals surface area contributed by atoms with Gasteiger partial charge in [0.15, 0.2) is 0 Å². The van der Waals surface area contributed by atoms with Crippen LogP contribution >= 0.6 is 0 Å². The summed E-state index contributed by atoms with van der Waals surface area (Å²) in [7, 11) is 0. The number of nitrogen functional groups attached to an aromatic ring is 2. The number of rotatable bonds is 4. The molecule has 10 heteroatoms. The molecule has 6 N–H and O–H groups in total. The number of amides is 2. The zero-order chi connectivity index (χ0) is 18.8. The van der Waals surface area contributed by atoms with Gasteiger partial charge in [-0.2, -0.15) is 19.6 Å². The Bertz CT molecular complexity index is 725. The third-order valence-corrected chi connectivity index (χ3v) is 4.00. The van der Waals surface area contributed by atoms with Gasteiger partial charge in [-0.05, 0) is 13.8 Å². The van der Waals surface area contributed by atoms with Crippen LogP contribution in [0.15, 0.2) is 12.4 Å². The first-order chi connectivity index (χ1) is 11.8. The second-order valence-electron chi connectivity index (χ2n) is 6.01. The van der Waals surface area contributed by atoms with Crippen LogP contribution in [0.25, 0.3) is 0 Å². The Balaban J connectivity index is 2.43. The van der Waals surface area contributed by atoms with Crippen molar-refractivity contribution in [3.8, 4) is 0 Å². The number of anilines is 2. The highest BCUT2D eigenvalue weighted by Gasteiger charge is 2.33. The van der Waals surface area contributed by atoms with Crippen LogP contribution in [0.3, 0.4) is 0 Å². The Labute approximate surface area is 145 Å². The summed E-state index contributed by atoms with van der Waals surface area (Å²) in [6, 6.07) is -0.818. The second kappa shape index (κ2) is 6.83. The van der Waals surface area contributed by atoms with Crippen molar-refractivity contribution in [2.45, 2.75) is 33.1 Å². The largest absolute Gasteiger partial charge is 0.383 e. The van der Waals surface area contributed by atoms with Crippen LogP contribution < -0.4 is 22.1 Å². The molecule has 0 bridgehead atoms. The second-order valence-corrected chi connectivity index (χ2v) is 6.01. The van der Waals surface area contributed by atoms with Gasteiger partial charge in [0.25, 0.3) is 0 Å². The Morgan fingerprint density at radius 3 is 1.64 bits per heavy atom. The minimum absolute atomic E-state index is 0.209. The van der Waals surface area contributed by atoms with Gasteiger partial charge in [-0.25, -0.2) is 9.59 Å². The molecule has 10 nitrogen and oxygen atoms in total. The van der Waals surface area contributed by atoms with E-state index in [1.807, 2.05) is 13.8 Å². The first-order valence-electron chi connectivity index (χ1n) is 8.00. The van der Waals surface area contributed by atoms with E-state index in [1.165, 1.54) is 12.4 Å². The maximum Gasteiger partial charge on any atom is 0.343 e. The molecule has 2 rings (SSSR count). The Morgan fingerprint density at radius 2 is 1.32 bits per heavy atom. The number of carbonyl (C=O) groups excluding carboxylic acids is 2. The number of hydrogen-bond acceptors (Lipinski definition) is 6. The summed E-state index contributed by atoms with van der Waals surface area (Å²) in [6.07, 6.45) is 3.04. The van der Waals surface area contributed by atoms with Crippen molar-refractivity contribution in [2.75, 3.05) is 24.6 Å². The van der Waals surface area contributed by atoms with E-state index in [-0.39, 0.29) is 11.6 Å². The SMILES string of the molecule is CCNC(=O)n1ncc(C(C)(C)c2cnn(C(=O)NCC)c2N)c1N. The summed E-state index contributed by atoms with van der Waals surface area (Å²) in [5, 5.41) is 13.4. The maximum atomic E-state index is 12.0. The number of nitrogens with two attached hydrogens (primary N) is 2. The van der Waals surface area contributed by atoms with E-state index in [2.05, 4.69) is 20.8 Å². The molecule has 2 aromatic rings. The summed E-state index contributed by atoms with van der Waals surface area (Å²) >= 11 is 0. The van der Waals surface area contributed by atoms with Crippen molar-refractivity contribution >= 4 is 23.7 Å². The molecule has 0 radical (unpaired) electrons. The average Bonchev–Trinajstić information content (AvgIpc) is 3.11. The van der Waals surface area contributed by atoms with Gasteiger partial charge in [0.05, 0.1) is 12.4 Å². The van der Waals surface area contributed by atoms with Gasteiger partial charge in [0.1, 0.15) is 11.6 Å². The molecule has 0 aliphatic carbocycles. The molecule has 0 fully saturated rings. The first kappa shape index (κ1) is 18.3. The molecule has 0 saturated carbocycles. The molecule has 0 aliphatic rings. The fraction of sp³-hybridized carbons (Fsp3) is 0.467. The van der Waals surface area contributed by atoms with Crippen molar-refractivity contribution < 1.29 is 9.59 Å². The molecule has 2 aromatic heterocycles. The lowest BCUT2D eigenvalue weighted by atomic mass is 9.80. The number of hydrogen-bond donors (Lipinski definition) is 4. The van der Waals surface area contributed by atoms with Gasteiger partial charge in [0.2, 0.25) is 0 Å². The van der Waals surface area contributed by atoms with Crippen molar-refractivity contribution in [1.29, 1.82) is 0 Å². The molecular formula is C15H24N8O2. The highest BCUT2D eigenvalue weighted by atomic mass is 16.2. The Morgan fingerprint density at radius 1 is 0.960 bits per heavy atom. The van der Waals surface area contributed by atoms with Gasteiger partial charge in [-0.15, -0.1) is 0 Å². The fourth-order valence-corrected chi connectivity index (χ4v) is 2.60. The predicted molar refractivity (Wildman–Crippen MR) is 94.3 cm³/mol. The normalized spacial score (nSPS) is 11.4. The molecule has 2 heterocycles. The average molecular weight is 348 g/mol. The quantitative estimate of drug-likeness (QED) is 0.640. The van der Waals surface area contributed by atoms with Crippen LogP contribution in [0.1, 0.15) is 38.8 Å². The minimum Gasteiger partial charge on any atom is -0.383 e. The highest BCUT2D eigenvalue weighted by molar-refractivity contribution is 5.81. The van der Waals surface area contributed by atoms with Crippen molar-refractivity contribution in [3.05, 3.63) is 23.5 Å². The van der Waals surface area contributed by atoms with Crippen LogP contribution in [0.4, 0.5) is 21.2 Å². The van der Waals surface area contributed by atoms with Crippen LogP contribution in [0, 0.1) is 0 Å². The monoisotopic (exact) mass is 348 g/mol. The third-order valence-electron chi connectivity index (χ3n) is 4.00. The fourth-order valence-electron chi connectivity index (χ4n) is 2.60. The van der Waals surface area contributed by atoms with E-state index in [0.717, 1.165) is 9.36 Å². The van der Waals surface area contributed by atoms with E-state index in [4.69, 9.17) is 11.5 Å². The standard InChI is InChI=1S/C15H24N8O2/c1-5-18-13(24)22-11(16)9(7-20-22)15(3,4)10-8-21-23(12(10)17)14(25)19-6-2/h7-8H,5-6,16-17H2,1-4H3,(H,18,24)(H,19,25). The predicted octanol–water partition coefficient (Wildman–Crippen LogP) is 0.725. The minimum atomic E-state index is -0.705. The number of carbonyl (C=O) groups is 2. The number of aromatic nitrogens is 4. The summed E-state index contributed by atoms with van der Waals surface area (Å²) in [5.41, 5.74) is 12.7.